The average Bonchev–Trinajstić information content (AvgIpc) is 3.51. The molecule has 2 heteroatoms. The second-order valence-electron chi connectivity index (χ2n) is 16.6. The van der Waals surface area contributed by atoms with Crippen LogP contribution in [0.15, 0.2) is 12.4 Å². The van der Waals surface area contributed by atoms with Crippen LogP contribution in [0.1, 0.15) is 277 Å². The number of unbranched alkanes of at least 4 members (excludes halogenated alkanes) is 36. The topological polar surface area (TPSA) is 8.81 Å². The highest BCUT2D eigenvalue weighted by Gasteiger charge is 2.16. The molecule has 1 rings (SSSR count). The fourth-order valence-electron chi connectivity index (χ4n) is 8.09. The predicted octanol–water partition coefficient (Wildman–Crippen LogP) is 16.6. The van der Waals surface area contributed by atoms with E-state index in [4.69, 9.17) is 0 Å². The van der Waals surface area contributed by atoms with Crippen LogP contribution in [0, 0.1) is 0 Å². The van der Waals surface area contributed by atoms with Crippen LogP contribution in [-0.2, 0) is 19.5 Å². The van der Waals surface area contributed by atoms with E-state index in [2.05, 4.69) is 42.3 Å². The van der Waals surface area contributed by atoms with E-state index in [0.717, 1.165) is 0 Å². The van der Waals surface area contributed by atoms with Crippen LogP contribution in [0.3, 0.4) is 0 Å². The Morgan fingerprint density at radius 3 is 0.960 bits per heavy atom. The molecule has 0 amide bonds. The average molecular weight is 700 g/mol. The molecular formula is C48H95N2+. The van der Waals surface area contributed by atoms with Crippen molar-refractivity contribution in [3.63, 3.8) is 0 Å². The number of hydrogen-bond acceptors (Lipinski definition) is 0. The van der Waals surface area contributed by atoms with Crippen molar-refractivity contribution in [2.75, 3.05) is 0 Å². The van der Waals surface area contributed by atoms with Gasteiger partial charge in [-0.1, -0.05) is 239 Å². The molecule has 1 aromatic heterocycles. The molecule has 1 heterocycles. The van der Waals surface area contributed by atoms with E-state index in [1.54, 1.807) is 5.82 Å². The maximum atomic E-state index is 2.64. The molecule has 0 fully saturated rings. The van der Waals surface area contributed by atoms with E-state index in [1.807, 2.05) is 0 Å². The van der Waals surface area contributed by atoms with Gasteiger partial charge in [-0.25, -0.2) is 9.13 Å². The summed E-state index contributed by atoms with van der Waals surface area (Å²) in [6.45, 7) is 9.41. The molecule has 0 bridgehead atoms. The van der Waals surface area contributed by atoms with Crippen molar-refractivity contribution in [3.05, 3.63) is 18.2 Å². The van der Waals surface area contributed by atoms with E-state index in [0.29, 0.717) is 0 Å². The van der Waals surface area contributed by atoms with Crippen molar-refractivity contribution in [1.29, 1.82) is 0 Å². The summed E-state index contributed by atoms with van der Waals surface area (Å²) in [4.78, 5) is 0. The molecule has 296 valence electrons. The van der Waals surface area contributed by atoms with Gasteiger partial charge in [0.05, 0.1) is 13.1 Å². The molecule has 0 saturated carbocycles. The Hall–Kier alpha value is -0.790. The lowest BCUT2D eigenvalue weighted by atomic mass is 10.0. The first kappa shape index (κ1) is 47.2. The summed E-state index contributed by atoms with van der Waals surface area (Å²) in [5, 5.41) is 0. The van der Waals surface area contributed by atoms with Crippen LogP contribution in [0.5, 0.6) is 0 Å². The highest BCUT2D eigenvalue weighted by atomic mass is 15.1. The molecule has 0 atom stereocenters. The number of aromatic nitrogens is 2. The van der Waals surface area contributed by atoms with Gasteiger partial charge in [-0.2, -0.15) is 0 Å². The zero-order valence-corrected chi connectivity index (χ0v) is 35.2. The zero-order chi connectivity index (χ0) is 35.8. The lowest BCUT2D eigenvalue weighted by Crippen LogP contribution is -2.37. The van der Waals surface area contributed by atoms with Crippen molar-refractivity contribution in [2.45, 2.75) is 291 Å². The van der Waals surface area contributed by atoms with Crippen LogP contribution in [0.2, 0.25) is 0 Å². The summed E-state index contributed by atoms with van der Waals surface area (Å²) >= 11 is 0. The summed E-state index contributed by atoms with van der Waals surface area (Å²) in [7, 11) is 0. The third-order valence-electron chi connectivity index (χ3n) is 11.6. The molecule has 0 unspecified atom stereocenters. The van der Waals surface area contributed by atoms with Crippen LogP contribution < -0.4 is 4.57 Å². The van der Waals surface area contributed by atoms with Crippen molar-refractivity contribution in [1.82, 2.24) is 4.57 Å². The summed E-state index contributed by atoms with van der Waals surface area (Å²) in [5.41, 5.74) is 0. The number of imidazole rings is 1. The number of nitrogens with zero attached hydrogens (tertiary/aromatic N) is 2. The Morgan fingerprint density at radius 2 is 0.620 bits per heavy atom. The highest BCUT2D eigenvalue weighted by molar-refractivity contribution is 4.84. The van der Waals surface area contributed by atoms with Gasteiger partial charge >= 0.3 is 0 Å². The van der Waals surface area contributed by atoms with E-state index in [9.17, 15) is 0 Å². The molecular weight excluding hydrogens is 605 g/mol. The maximum Gasteiger partial charge on any atom is 0.256 e. The fraction of sp³-hybridized carbons (Fsp3) is 0.938. The van der Waals surface area contributed by atoms with Crippen LogP contribution in [-0.4, -0.2) is 4.57 Å². The normalized spacial score (nSPS) is 11.7. The van der Waals surface area contributed by atoms with E-state index in [-0.39, 0.29) is 0 Å². The molecule has 0 radical (unpaired) electrons. The van der Waals surface area contributed by atoms with Gasteiger partial charge in [-0.05, 0) is 32.1 Å². The maximum absolute atomic E-state index is 2.64. The van der Waals surface area contributed by atoms with E-state index in [1.165, 1.54) is 270 Å². The van der Waals surface area contributed by atoms with Gasteiger partial charge in [-0.3, -0.25) is 0 Å². The molecule has 0 aliphatic rings. The molecule has 0 spiro atoms. The second-order valence-corrected chi connectivity index (χ2v) is 16.6. The summed E-state index contributed by atoms with van der Waals surface area (Å²) < 4.78 is 5.27. The Balaban J connectivity index is 2.12. The van der Waals surface area contributed by atoms with E-state index >= 15 is 0 Å². The highest BCUT2D eigenvalue weighted by Crippen LogP contribution is 2.17. The minimum absolute atomic E-state index is 1.23. The van der Waals surface area contributed by atoms with Gasteiger partial charge in [-0.15, -0.1) is 0 Å². The molecule has 1 aromatic rings. The molecule has 2 nitrogen and oxygen atoms in total. The minimum Gasteiger partial charge on any atom is -0.234 e. The standard InChI is InChI=1S/C48H95N2/c1-4-7-10-13-15-17-19-21-23-25-27-29-31-33-35-37-40-43-48-49(44-41-38-12-9-6-3)46-47-50(48)45-42-39-36-34-32-30-28-26-24-22-20-18-16-14-11-8-5-2/h46-47H,4-45H2,1-3H3/q+1. The number of hydrogen-bond donors (Lipinski definition) is 0. The predicted molar refractivity (Wildman–Crippen MR) is 225 cm³/mol. The Kier molecular flexibility index (Phi) is 37.2. The van der Waals surface area contributed by atoms with Crippen molar-refractivity contribution in [3.8, 4) is 0 Å². The summed E-state index contributed by atoms with van der Waals surface area (Å²) in [5.74, 6) is 1.62. The smallest absolute Gasteiger partial charge is 0.234 e. The van der Waals surface area contributed by atoms with Gasteiger partial charge in [0.25, 0.3) is 5.82 Å². The number of aryl methyl sites for hydroxylation is 2. The van der Waals surface area contributed by atoms with Gasteiger partial charge in [0, 0.05) is 6.42 Å². The van der Waals surface area contributed by atoms with Gasteiger partial charge in [0.2, 0.25) is 0 Å². The van der Waals surface area contributed by atoms with Crippen LogP contribution >= 0.6 is 0 Å². The third-order valence-corrected chi connectivity index (χ3v) is 11.6. The van der Waals surface area contributed by atoms with Crippen LogP contribution in [0.25, 0.3) is 0 Å². The quantitative estimate of drug-likeness (QED) is 0.0474. The van der Waals surface area contributed by atoms with Gasteiger partial charge < -0.3 is 0 Å². The van der Waals surface area contributed by atoms with Crippen LogP contribution in [0.4, 0.5) is 0 Å². The first-order chi connectivity index (χ1) is 24.8. The SMILES string of the molecule is CCCCCCCCCCCCCCCCCCCc1n(CCCCCCCCCCCCCCCCCCC)cc[n+]1CCCCCCC. The first-order valence-electron chi connectivity index (χ1n) is 23.9. The summed E-state index contributed by atoms with van der Waals surface area (Å²) in [6.07, 6.45) is 62.4. The second kappa shape index (κ2) is 39.4. The molecule has 0 aliphatic carbocycles. The Labute approximate surface area is 317 Å². The Bertz CT molecular complexity index is 766. The van der Waals surface area contributed by atoms with Crippen molar-refractivity contribution in [2.24, 2.45) is 0 Å². The monoisotopic (exact) mass is 700 g/mol. The molecule has 0 saturated heterocycles. The van der Waals surface area contributed by atoms with E-state index < -0.39 is 0 Å². The lowest BCUT2D eigenvalue weighted by Gasteiger charge is -2.07. The van der Waals surface area contributed by atoms with Gasteiger partial charge in [0.1, 0.15) is 12.4 Å². The molecule has 50 heavy (non-hydrogen) atoms. The Morgan fingerprint density at radius 1 is 0.340 bits per heavy atom. The molecule has 0 N–H and O–H groups in total. The minimum atomic E-state index is 1.23. The first-order valence-corrected chi connectivity index (χ1v) is 23.9. The summed E-state index contributed by atoms with van der Waals surface area (Å²) in [6, 6.07) is 0. The largest absolute Gasteiger partial charge is 0.256 e. The lowest BCUT2D eigenvalue weighted by molar-refractivity contribution is -0.704. The number of rotatable bonds is 42. The van der Waals surface area contributed by atoms with Gasteiger partial charge in [0.15, 0.2) is 0 Å². The van der Waals surface area contributed by atoms with Crippen molar-refractivity contribution >= 4 is 0 Å². The third kappa shape index (κ3) is 30.8. The zero-order valence-electron chi connectivity index (χ0n) is 35.2. The van der Waals surface area contributed by atoms with Crippen molar-refractivity contribution < 1.29 is 4.57 Å². The fourth-order valence-corrected chi connectivity index (χ4v) is 8.09. The molecule has 0 aliphatic heterocycles. The molecule has 0 aromatic carbocycles.